The van der Waals surface area contributed by atoms with Gasteiger partial charge in [0.25, 0.3) is 0 Å². The molecular formula is C21H27NO3. The van der Waals surface area contributed by atoms with E-state index in [2.05, 4.69) is 4.90 Å². The van der Waals surface area contributed by atoms with Gasteiger partial charge in [-0.3, -0.25) is 0 Å². The quantitative estimate of drug-likeness (QED) is 0.517. The van der Waals surface area contributed by atoms with Gasteiger partial charge in [0.05, 0.1) is 6.61 Å². The fourth-order valence-corrected chi connectivity index (χ4v) is 2.84. The molecular weight excluding hydrogens is 314 g/mol. The highest BCUT2D eigenvalue weighted by Gasteiger charge is 2.44. The number of benzene rings is 2. The van der Waals surface area contributed by atoms with Gasteiger partial charge in [-0.2, -0.15) is 0 Å². The standard InChI is InChI=1S/C21H27NO3/c1-4-25-21(18-12-7-5-8-13-18,19-14-9-6-10-15-19)20(23)24-17-11-16-22(2)3/h5-10,12-15H,4,11,16-17H2,1-3H3. The SMILES string of the molecule is CCOC(C(=O)OCCCN(C)C)(c1ccccc1)c1ccccc1. The summed E-state index contributed by atoms with van der Waals surface area (Å²) in [5.74, 6) is -0.370. The zero-order chi connectivity index (χ0) is 18.1. The average Bonchev–Trinajstić information content (AvgIpc) is 2.64. The van der Waals surface area contributed by atoms with Crippen molar-refractivity contribution in [3.05, 3.63) is 71.8 Å². The van der Waals surface area contributed by atoms with Crippen molar-refractivity contribution in [3.8, 4) is 0 Å². The zero-order valence-corrected chi connectivity index (χ0v) is 15.3. The Balaban J connectivity index is 2.35. The summed E-state index contributed by atoms with van der Waals surface area (Å²) >= 11 is 0. The van der Waals surface area contributed by atoms with Crippen molar-refractivity contribution >= 4 is 5.97 Å². The van der Waals surface area contributed by atoms with Gasteiger partial charge >= 0.3 is 5.97 Å². The van der Waals surface area contributed by atoms with Crippen LogP contribution in [0.3, 0.4) is 0 Å². The van der Waals surface area contributed by atoms with E-state index in [1.807, 2.05) is 81.7 Å². The highest BCUT2D eigenvalue weighted by atomic mass is 16.6. The fraction of sp³-hybridized carbons (Fsp3) is 0.381. The summed E-state index contributed by atoms with van der Waals surface area (Å²) < 4.78 is 11.7. The molecule has 2 rings (SSSR count). The van der Waals surface area contributed by atoms with E-state index in [-0.39, 0.29) is 5.97 Å². The molecule has 0 aliphatic carbocycles. The van der Waals surface area contributed by atoms with E-state index in [9.17, 15) is 4.79 Å². The lowest BCUT2D eigenvalue weighted by molar-refractivity contribution is -0.168. The summed E-state index contributed by atoms with van der Waals surface area (Å²) in [7, 11) is 4.00. The number of esters is 1. The molecule has 0 saturated carbocycles. The second-order valence-corrected chi connectivity index (χ2v) is 6.14. The van der Waals surface area contributed by atoms with Crippen LogP contribution in [0.1, 0.15) is 24.5 Å². The average molecular weight is 341 g/mol. The van der Waals surface area contributed by atoms with Crippen LogP contribution in [0.15, 0.2) is 60.7 Å². The highest BCUT2D eigenvalue weighted by molar-refractivity contribution is 5.85. The van der Waals surface area contributed by atoms with Crippen molar-refractivity contribution in [3.63, 3.8) is 0 Å². The fourth-order valence-electron chi connectivity index (χ4n) is 2.84. The molecule has 0 atom stereocenters. The lowest BCUT2D eigenvalue weighted by atomic mass is 9.86. The van der Waals surface area contributed by atoms with Gasteiger partial charge in [-0.15, -0.1) is 0 Å². The maximum absolute atomic E-state index is 13.1. The molecule has 0 aliphatic rings. The molecule has 0 amide bonds. The van der Waals surface area contributed by atoms with E-state index in [1.165, 1.54) is 0 Å². The van der Waals surface area contributed by atoms with Crippen molar-refractivity contribution in [1.29, 1.82) is 0 Å². The van der Waals surface area contributed by atoms with Crippen LogP contribution in [0.4, 0.5) is 0 Å². The highest BCUT2D eigenvalue weighted by Crippen LogP contribution is 2.35. The van der Waals surface area contributed by atoms with Gasteiger partial charge in [0, 0.05) is 13.2 Å². The third-order valence-corrected chi connectivity index (χ3v) is 3.99. The minimum Gasteiger partial charge on any atom is -0.463 e. The molecule has 0 spiro atoms. The van der Waals surface area contributed by atoms with E-state index >= 15 is 0 Å². The minimum atomic E-state index is -1.24. The van der Waals surface area contributed by atoms with Crippen LogP contribution in [-0.2, 0) is 19.9 Å². The van der Waals surface area contributed by atoms with Crippen LogP contribution in [0.5, 0.6) is 0 Å². The molecule has 0 unspecified atom stereocenters. The first-order chi connectivity index (χ1) is 12.1. The monoisotopic (exact) mass is 341 g/mol. The first-order valence-electron chi connectivity index (χ1n) is 8.68. The Morgan fingerprint density at radius 1 is 0.960 bits per heavy atom. The molecule has 2 aromatic rings. The van der Waals surface area contributed by atoms with Gasteiger partial charge in [-0.1, -0.05) is 60.7 Å². The minimum absolute atomic E-state index is 0.367. The second-order valence-electron chi connectivity index (χ2n) is 6.14. The molecule has 0 radical (unpaired) electrons. The smallest absolute Gasteiger partial charge is 0.347 e. The molecule has 0 heterocycles. The van der Waals surface area contributed by atoms with E-state index in [1.54, 1.807) is 0 Å². The second kappa shape index (κ2) is 9.35. The lowest BCUT2D eigenvalue weighted by Gasteiger charge is -2.32. The number of hydrogen-bond donors (Lipinski definition) is 0. The topological polar surface area (TPSA) is 38.8 Å². The van der Waals surface area contributed by atoms with E-state index in [0.29, 0.717) is 13.2 Å². The largest absolute Gasteiger partial charge is 0.463 e. The van der Waals surface area contributed by atoms with Gasteiger partial charge in [0.2, 0.25) is 5.60 Å². The third-order valence-electron chi connectivity index (χ3n) is 3.99. The molecule has 0 fully saturated rings. The number of hydrogen-bond acceptors (Lipinski definition) is 4. The Bertz CT molecular complexity index is 601. The normalized spacial score (nSPS) is 11.5. The predicted octanol–water partition coefficient (Wildman–Crippen LogP) is 3.46. The summed E-state index contributed by atoms with van der Waals surface area (Å²) in [6.07, 6.45) is 0.782. The molecule has 0 saturated heterocycles. The maximum Gasteiger partial charge on any atom is 0.347 e. The molecule has 25 heavy (non-hydrogen) atoms. The summed E-state index contributed by atoms with van der Waals surface area (Å²) in [4.78, 5) is 15.2. The van der Waals surface area contributed by atoms with Gasteiger partial charge in [-0.25, -0.2) is 4.79 Å². The van der Waals surface area contributed by atoms with Gasteiger partial charge in [-0.05, 0) is 38.6 Å². The number of carbonyl (C=O) groups is 1. The van der Waals surface area contributed by atoms with Crippen LogP contribution < -0.4 is 0 Å². The first-order valence-corrected chi connectivity index (χ1v) is 8.68. The van der Waals surface area contributed by atoms with Crippen molar-refractivity contribution in [2.45, 2.75) is 18.9 Å². The van der Waals surface area contributed by atoms with E-state index in [0.717, 1.165) is 24.1 Å². The zero-order valence-electron chi connectivity index (χ0n) is 15.3. The van der Waals surface area contributed by atoms with Crippen molar-refractivity contribution in [2.24, 2.45) is 0 Å². The maximum atomic E-state index is 13.1. The first kappa shape index (κ1) is 19.2. The van der Waals surface area contributed by atoms with Crippen LogP contribution in [-0.4, -0.2) is 44.7 Å². The number of carbonyl (C=O) groups excluding carboxylic acids is 1. The molecule has 0 bridgehead atoms. The van der Waals surface area contributed by atoms with E-state index in [4.69, 9.17) is 9.47 Å². The van der Waals surface area contributed by atoms with Crippen LogP contribution >= 0.6 is 0 Å². The summed E-state index contributed by atoms with van der Waals surface area (Å²) in [5.41, 5.74) is 0.316. The van der Waals surface area contributed by atoms with Crippen LogP contribution in [0.25, 0.3) is 0 Å². The molecule has 4 heteroatoms. The molecule has 0 aliphatic heterocycles. The third kappa shape index (κ3) is 4.68. The Labute approximate surface area is 150 Å². The Kier molecular flexibility index (Phi) is 7.16. The van der Waals surface area contributed by atoms with Crippen LogP contribution in [0, 0.1) is 0 Å². The van der Waals surface area contributed by atoms with Crippen molar-refractivity contribution in [1.82, 2.24) is 4.90 Å². The van der Waals surface area contributed by atoms with Gasteiger partial charge in [0.1, 0.15) is 0 Å². The van der Waals surface area contributed by atoms with Crippen molar-refractivity contribution in [2.75, 3.05) is 33.9 Å². The summed E-state index contributed by atoms with van der Waals surface area (Å²) in [6, 6.07) is 19.1. The Hall–Kier alpha value is -2.17. The van der Waals surface area contributed by atoms with Crippen LogP contribution in [0.2, 0.25) is 0 Å². The molecule has 0 aromatic heterocycles. The van der Waals surface area contributed by atoms with Gasteiger partial charge in [0.15, 0.2) is 0 Å². The molecule has 0 N–H and O–H groups in total. The van der Waals surface area contributed by atoms with E-state index < -0.39 is 5.60 Å². The number of rotatable bonds is 9. The summed E-state index contributed by atoms with van der Waals surface area (Å²) in [5, 5.41) is 0. The molecule has 2 aromatic carbocycles. The Morgan fingerprint density at radius 3 is 1.92 bits per heavy atom. The lowest BCUT2D eigenvalue weighted by Crippen LogP contribution is -2.41. The number of ether oxygens (including phenoxy) is 2. The summed E-state index contributed by atoms with van der Waals surface area (Å²) in [6.45, 7) is 3.52. The predicted molar refractivity (Wildman–Crippen MR) is 99.4 cm³/mol. The Morgan fingerprint density at radius 2 is 1.48 bits per heavy atom. The number of nitrogens with zero attached hydrogens (tertiary/aromatic N) is 1. The molecule has 4 nitrogen and oxygen atoms in total. The molecule has 134 valence electrons. The van der Waals surface area contributed by atoms with Gasteiger partial charge < -0.3 is 14.4 Å². The van der Waals surface area contributed by atoms with Crippen molar-refractivity contribution < 1.29 is 14.3 Å².